The van der Waals surface area contributed by atoms with Gasteiger partial charge in [-0.15, -0.1) is 0 Å². The van der Waals surface area contributed by atoms with Crippen molar-refractivity contribution >= 4 is 11.8 Å². The Balaban J connectivity index is 2.33. The second kappa shape index (κ2) is 5.65. The molecule has 0 unspecified atom stereocenters. The second-order valence-electron chi connectivity index (χ2n) is 5.51. The Morgan fingerprint density at radius 2 is 2.00 bits per heavy atom. The molecule has 2 atom stereocenters. The Hall–Kier alpha value is -1.84. The van der Waals surface area contributed by atoms with Crippen LogP contribution in [-0.2, 0) is 9.53 Å². The molecular formula is C16H20O4. The van der Waals surface area contributed by atoms with Gasteiger partial charge in [0.05, 0.1) is 18.6 Å². The third-order valence-corrected chi connectivity index (χ3v) is 4.03. The second-order valence-corrected chi connectivity index (χ2v) is 5.51. The molecule has 1 aliphatic rings. The average molecular weight is 276 g/mol. The maximum atomic E-state index is 11.8. The van der Waals surface area contributed by atoms with Crippen LogP contribution in [0, 0.1) is 11.8 Å². The lowest BCUT2D eigenvalue weighted by Gasteiger charge is -2.23. The van der Waals surface area contributed by atoms with Gasteiger partial charge >= 0.3 is 5.97 Å². The van der Waals surface area contributed by atoms with E-state index in [1.165, 1.54) is 14.0 Å². The number of methoxy groups -OCH3 is 1. The lowest BCUT2D eigenvalue weighted by Crippen LogP contribution is -2.22. The van der Waals surface area contributed by atoms with Crippen LogP contribution >= 0.6 is 0 Å². The van der Waals surface area contributed by atoms with Crippen LogP contribution in [0.15, 0.2) is 18.2 Å². The highest BCUT2D eigenvalue weighted by Gasteiger charge is 2.39. The van der Waals surface area contributed by atoms with Crippen molar-refractivity contribution in [3.8, 4) is 5.75 Å². The Kier molecular flexibility index (Phi) is 4.12. The molecule has 1 N–H and O–H groups in total. The van der Waals surface area contributed by atoms with Gasteiger partial charge in [-0.05, 0) is 49.3 Å². The SMILES string of the molecule is COC(=O)[C@H](C)[C@H](c1ccc(C(C)=O)c(O)c1)C1CC1. The van der Waals surface area contributed by atoms with E-state index in [1.807, 2.05) is 13.0 Å². The van der Waals surface area contributed by atoms with E-state index in [0.29, 0.717) is 11.5 Å². The fourth-order valence-electron chi connectivity index (χ4n) is 2.81. The summed E-state index contributed by atoms with van der Waals surface area (Å²) in [5.41, 5.74) is 1.21. The first-order valence-corrected chi connectivity index (χ1v) is 6.87. The van der Waals surface area contributed by atoms with Crippen LogP contribution < -0.4 is 0 Å². The Morgan fingerprint density at radius 3 is 2.45 bits per heavy atom. The number of rotatable bonds is 5. The summed E-state index contributed by atoms with van der Waals surface area (Å²) in [4.78, 5) is 23.1. The maximum Gasteiger partial charge on any atom is 0.309 e. The fourth-order valence-corrected chi connectivity index (χ4v) is 2.81. The van der Waals surface area contributed by atoms with Gasteiger partial charge in [0, 0.05) is 0 Å². The van der Waals surface area contributed by atoms with Crippen molar-refractivity contribution in [2.75, 3.05) is 7.11 Å². The first-order valence-electron chi connectivity index (χ1n) is 6.87. The van der Waals surface area contributed by atoms with Gasteiger partial charge in [-0.3, -0.25) is 9.59 Å². The zero-order valence-electron chi connectivity index (χ0n) is 12.1. The summed E-state index contributed by atoms with van der Waals surface area (Å²) in [6.07, 6.45) is 2.17. The Bertz CT molecular complexity index is 531. The number of benzene rings is 1. The first-order chi connectivity index (χ1) is 9.45. The van der Waals surface area contributed by atoms with Crippen LogP contribution in [0.4, 0.5) is 0 Å². The van der Waals surface area contributed by atoms with Crippen molar-refractivity contribution in [1.82, 2.24) is 0 Å². The van der Waals surface area contributed by atoms with Crippen molar-refractivity contribution in [3.63, 3.8) is 0 Å². The highest BCUT2D eigenvalue weighted by molar-refractivity contribution is 5.96. The number of hydrogen-bond donors (Lipinski definition) is 1. The van der Waals surface area contributed by atoms with E-state index in [2.05, 4.69) is 0 Å². The Morgan fingerprint density at radius 1 is 1.35 bits per heavy atom. The molecule has 108 valence electrons. The third kappa shape index (κ3) is 2.84. The first kappa shape index (κ1) is 14.6. The number of ether oxygens (including phenoxy) is 1. The molecule has 0 spiro atoms. The number of phenols is 1. The molecule has 0 aromatic heterocycles. The van der Waals surface area contributed by atoms with Crippen molar-refractivity contribution in [1.29, 1.82) is 0 Å². The highest BCUT2D eigenvalue weighted by Crippen LogP contribution is 2.47. The quantitative estimate of drug-likeness (QED) is 0.663. The molecule has 1 fully saturated rings. The molecule has 4 nitrogen and oxygen atoms in total. The number of esters is 1. The molecule has 20 heavy (non-hydrogen) atoms. The van der Waals surface area contributed by atoms with Crippen LogP contribution in [-0.4, -0.2) is 24.0 Å². The summed E-state index contributed by atoms with van der Waals surface area (Å²) in [6.45, 7) is 3.27. The number of ketones is 1. The zero-order chi connectivity index (χ0) is 14.9. The van der Waals surface area contributed by atoms with Gasteiger partial charge in [-0.1, -0.05) is 13.0 Å². The maximum absolute atomic E-state index is 11.8. The topological polar surface area (TPSA) is 63.6 Å². The third-order valence-electron chi connectivity index (χ3n) is 4.03. The predicted molar refractivity (Wildman–Crippen MR) is 74.8 cm³/mol. The minimum Gasteiger partial charge on any atom is -0.507 e. The van der Waals surface area contributed by atoms with E-state index in [1.54, 1.807) is 12.1 Å². The standard InChI is InChI=1S/C16H20O4/c1-9(16(19)20-3)15(11-4-5-11)12-6-7-13(10(2)17)14(18)8-12/h6-9,11,15,18H,4-5H2,1-3H3/t9-,15+/m1/s1. The number of carbonyl (C=O) groups is 2. The van der Waals surface area contributed by atoms with Crippen LogP contribution in [0.3, 0.4) is 0 Å². The minimum absolute atomic E-state index is 0.0160. The van der Waals surface area contributed by atoms with Crippen molar-refractivity contribution in [2.24, 2.45) is 11.8 Å². The normalized spacial score (nSPS) is 17.4. The van der Waals surface area contributed by atoms with Crippen molar-refractivity contribution in [2.45, 2.75) is 32.6 Å². The van der Waals surface area contributed by atoms with E-state index >= 15 is 0 Å². The molecule has 1 aromatic carbocycles. The van der Waals surface area contributed by atoms with Gasteiger partial charge in [0.2, 0.25) is 0 Å². The largest absolute Gasteiger partial charge is 0.507 e. The van der Waals surface area contributed by atoms with E-state index in [9.17, 15) is 14.7 Å². The van der Waals surface area contributed by atoms with Crippen LogP contribution in [0.2, 0.25) is 0 Å². The summed E-state index contributed by atoms with van der Waals surface area (Å²) in [5, 5.41) is 9.95. The molecular weight excluding hydrogens is 256 g/mol. The van der Waals surface area contributed by atoms with Gasteiger partial charge in [0.25, 0.3) is 0 Å². The number of aromatic hydroxyl groups is 1. The van der Waals surface area contributed by atoms with E-state index in [0.717, 1.165) is 18.4 Å². The molecule has 1 saturated carbocycles. The molecule has 0 radical (unpaired) electrons. The molecule has 0 bridgehead atoms. The van der Waals surface area contributed by atoms with E-state index in [4.69, 9.17) is 4.74 Å². The minimum atomic E-state index is -0.255. The summed E-state index contributed by atoms with van der Waals surface area (Å²) in [7, 11) is 1.39. The van der Waals surface area contributed by atoms with Crippen molar-refractivity contribution < 1.29 is 19.4 Å². The fraction of sp³-hybridized carbons (Fsp3) is 0.500. The van der Waals surface area contributed by atoms with Gasteiger partial charge in [0.1, 0.15) is 5.75 Å². The van der Waals surface area contributed by atoms with Gasteiger partial charge in [-0.2, -0.15) is 0 Å². The lowest BCUT2D eigenvalue weighted by atomic mass is 9.82. The summed E-state index contributed by atoms with van der Waals surface area (Å²) in [5.74, 6) is -0.191. The monoisotopic (exact) mass is 276 g/mol. The molecule has 2 rings (SSSR count). The number of phenolic OH excluding ortho intramolecular Hbond substituents is 1. The average Bonchev–Trinajstić information content (AvgIpc) is 3.22. The Labute approximate surface area is 118 Å². The number of Topliss-reactive ketones (excluding diaryl/α,β-unsaturated/α-hetero) is 1. The van der Waals surface area contributed by atoms with Crippen LogP contribution in [0.5, 0.6) is 5.75 Å². The van der Waals surface area contributed by atoms with Gasteiger partial charge < -0.3 is 9.84 Å². The molecule has 0 aliphatic heterocycles. The van der Waals surface area contributed by atoms with Crippen molar-refractivity contribution in [3.05, 3.63) is 29.3 Å². The molecule has 0 amide bonds. The highest BCUT2D eigenvalue weighted by atomic mass is 16.5. The van der Waals surface area contributed by atoms with Crippen LogP contribution in [0.1, 0.15) is 48.5 Å². The molecule has 4 heteroatoms. The lowest BCUT2D eigenvalue weighted by molar-refractivity contribution is -0.145. The number of hydrogen-bond acceptors (Lipinski definition) is 4. The van der Waals surface area contributed by atoms with Gasteiger partial charge in [0.15, 0.2) is 5.78 Å². The molecule has 0 saturated heterocycles. The molecule has 1 aromatic rings. The predicted octanol–water partition coefficient (Wildman–Crippen LogP) is 2.90. The summed E-state index contributed by atoms with van der Waals surface area (Å²) < 4.78 is 4.83. The molecule has 1 aliphatic carbocycles. The number of carbonyl (C=O) groups excluding carboxylic acids is 2. The zero-order valence-corrected chi connectivity index (χ0v) is 12.1. The molecule has 0 heterocycles. The summed E-state index contributed by atoms with van der Waals surface area (Å²) >= 11 is 0. The summed E-state index contributed by atoms with van der Waals surface area (Å²) in [6, 6.07) is 5.07. The van der Waals surface area contributed by atoms with Gasteiger partial charge in [-0.25, -0.2) is 0 Å². The smallest absolute Gasteiger partial charge is 0.309 e. The van der Waals surface area contributed by atoms with E-state index < -0.39 is 0 Å². The van der Waals surface area contributed by atoms with Crippen LogP contribution in [0.25, 0.3) is 0 Å². The van der Waals surface area contributed by atoms with E-state index in [-0.39, 0.29) is 29.3 Å².